The minimum Gasteiger partial charge on any atom is -0.464 e. The van der Waals surface area contributed by atoms with E-state index in [0.29, 0.717) is 53.7 Å². The Morgan fingerprint density at radius 3 is 2.35 bits per heavy atom. The Bertz CT molecular complexity index is 1470. The maximum absolute atomic E-state index is 6.97. The summed E-state index contributed by atoms with van der Waals surface area (Å²) in [7, 11) is -1.21. The number of rotatable bonds is 14. The summed E-state index contributed by atoms with van der Waals surface area (Å²) in [5.41, 5.74) is 11.7. The number of hydrogen-bond acceptors (Lipinski definition) is 7. The molecule has 2 radical (unpaired) electrons. The van der Waals surface area contributed by atoms with E-state index >= 15 is 0 Å². The first-order valence-corrected chi connectivity index (χ1v) is 18.8. The molecule has 2 N–H and O–H groups in total. The molecule has 0 saturated heterocycles. The van der Waals surface area contributed by atoms with Crippen LogP contribution in [0.4, 0.5) is 5.95 Å². The standard InChI is InChI=1S/C33H49N5O3Si2/c1-22(2)43(23(3)4,24(5)6)41-17-14-29-37-30(26-11-10-25-13-16-40-28(25)20-26)31(27-12-15-35-32(34)36-27)38(29)21-39-18-19-42-33(7,8)9/h10-13,15-16,20,22-24H,14,17-19,21H2,1-9H3,(H2,34,35,36). The lowest BCUT2D eigenvalue weighted by molar-refractivity contribution is 0.0860. The first-order valence-electron chi connectivity index (χ1n) is 15.5. The Hall–Kier alpha value is -2.80. The number of anilines is 1. The highest BCUT2D eigenvalue weighted by molar-refractivity contribution is 6.77. The lowest BCUT2D eigenvalue weighted by atomic mass is 10.1. The monoisotopic (exact) mass is 619 g/mol. The lowest BCUT2D eigenvalue weighted by Crippen LogP contribution is -2.48. The van der Waals surface area contributed by atoms with E-state index in [1.807, 2.05) is 18.2 Å². The van der Waals surface area contributed by atoms with Gasteiger partial charge < -0.3 is 23.9 Å². The molecule has 0 bridgehead atoms. The molecule has 10 heteroatoms. The molecule has 0 aliphatic heterocycles. The van der Waals surface area contributed by atoms with Crippen LogP contribution in [0.15, 0.2) is 47.2 Å². The molecule has 0 aliphatic rings. The van der Waals surface area contributed by atoms with E-state index in [1.54, 1.807) is 12.5 Å². The summed E-state index contributed by atoms with van der Waals surface area (Å²) in [6, 6.07) is 11.0. The van der Waals surface area contributed by atoms with E-state index in [1.165, 1.54) is 0 Å². The zero-order valence-electron chi connectivity index (χ0n) is 27.4. The van der Waals surface area contributed by atoms with Crippen molar-refractivity contribution in [2.45, 2.75) is 103 Å². The Morgan fingerprint density at radius 1 is 0.977 bits per heavy atom. The maximum Gasteiger partial charge on any atom is 0.220 e. The molecule has 232 valence electrons. The number of aromatic nitrogens is 4. The van der Waals surface area contributed by atoms with Crippen LogP contribution in [0.5, 0.6) is 0 Å². The van der Waals surface area contributed by atoms with Gasteiger partial charge in [-0.2, -0.15) is 0 Å². The number of fused-ring (bicyclic) bond motifs is 1. The molecule has 4 aromatic rings. The van der Waals surface area contributed by atoms with Crippen LogP contribution in [0.25, 0.3) is 33.6 Å². The molecule has 3 heterocycles. The molecule has 3 aromatic heterocycles. The summed E-state index contributed by atoms with van der Waals surface area (Å²) < 4.78 is 21.2. The summed E-state index contributed by atoms with van der Waals surface area (Å²) in [5.74, 6) is 1.12. The Labute approximate surface area is 260 Å². The molecule has 0 amide bonds. The van der Waals surface area contributed by atoms with Gasteiger partial charge in [-0.1, -0.05) is 74.4 Å². The number of nitrogens with two attached hydrogens (primary N) is 1. The van der Waals surface area contributed by atoms with Gasteiger partial charge in [0.05, 0.1) is 23.3 Å². The predicted octanol–water partition coefficient (Wildman–Crippen LogP) is 8.39. The fourth-order valence-electron chi connectivity index (χ4n) is 6.37. The molecule has 0 aliphatic carbocycles. The van der Waals surface area contributed by atoms with Crippen LogP contribution in [0.3, 0.4) is 0 Å². The molecule has 4 rings (SSSR count). The van der Waals surface area contributed by atoms with Crippen molar-refractivity contribution >= 4 is 34.8 Å². The molecule has 0 spiro atoms. The van der Waals surface area contributed by atoms with Crippen LogP contribution in [-0.4, -0.2) is 50.6 Å². The van der Waals surface area contributed by atoms with Gasteiger partial charge in [-0.3, -0.25) is 0 Å². The fourth-order valence-corrected chi connectivity index (χ4v) is 12.8. The molecule has 0 saturated carbocycles. The van der Waals surface area contributed by atoms with Crippen molar-refractivity contribution in [1.29, 1.82) is 0 Å². The summed E-state index contributed by atoms with van der Waals surface area (Å²) in [5, 5.41) is 1.34. The van der Waals surface area contributed by atoms with Crippen LogP contribution in [0.1, 0.15) is 68.1 Å². The van der Waals surface area contributed by atoms with E-state index in [2.05, 4.69) is 89.0 Å². The van der Waals surface area contributed by atoms with Gasteiger partial charge in [0.2, 0.25) is 5.95 Å². The first-order chi connectivity index (χ1) is 20.3. The molecule has 0 fully saturated rings. The van der Waals surface area contributed by atoms with Crippen molar-refractivity contribution in [2.24, 2.45) is 0 Å². The zero-order chi connectivity index (χ0) is 31.4. The second kappa shape index (κ2) is 13.9. The van der Waals surface area contributed by atoms with Crippen LogP contribution in [-0.2, 0) is 22.3 Å². The Morgan fingerprint density at radius 2 is 1.70 bits per heavy atom. The third-order valence-corrected chi connectivity index (χ3v) is 15.8. The van der Waals surface area contributed by atoms with Gasteiger partial charge in [0.1, 0.15) is 18.1 Å². The highest BCUT2D eigenvalue weighted by Crippen LogP contribution is 2.42. The quantitative estimate of drug-likeness (QED) is 0.112. The maximum atomic E-state index is 6.97. The second-order valence-corrected chi connectivity index (χ2v) is 21.1. The number of benzene rings is 1. The highest BCUT2D eigenvalue weighted by atomic mass is 28.4. The van der Waals surface area contributed by atoms with Gasteiger partial charge in [-0.05, 0) is 45.9 Å². The number of ether oxygens (including phenoxy) is 1. The van der Waals surface area contributed by atoms with Gasteiger partial charge in [0, 0.05) is 46.3 Å². The van der Waals surface area contributed by atoms with Crippen molar-refractivity contribution in [3.8, 4) is 22.6 Å². The summed E-state index contributed by atoms with van der Waals surface area (Å²) >= 11 is 0. The largest absolute Gasteiger partial charge is 0.464 e. The van der Waals surface area contributed by atoms with Crippen molar-refractivity contribution in [2.75, 3.05) is 18.9 Å². The SMILES string of the molecule is CC(C)[Si](OCCc1nc(-c2ccc3ccoc3c2)c(-c2ccnc(N)n2)n1COCC[Si]C(C)(C)C)(C(C)C)C(C)C. The topological polar surface area (TPSA) is 101 Å². The number of nitrogen functional groups attached to an aromatic ring is 1. The van der Waals surface area contributed by atoms with E-state index < -0.39 is 8.32 Å². The highest BCUT2D eigenvalue weighted by Gasteiger charge is 2.45. The van der Waals surface area contributed by atoms with Crippen molar-refractivity contribution in [1.82, 2.24) is 19.5 Å². The number of imidazole rings is 1. The first kappa shape index (κ1) is 33.1. The molecular formula is C33H49N5O3Si2. The van der Waals surface area contributed by atoms with Crippen LogP contribution >= 0.6 is 0 Å². The smallest absolute Gasteiger partial charge is 0.220 e. The number of furan rings is 1. The average molecular weight is 620 g/mol. The lowest BCUT2D eigenvalue weighted by Gasteiger charge is -2.42. The van der Waals surface area contributed by atoms with E-state index in [4.69, 9.17) is 24.3 Å². The van der Waals surface area contributed by atoms with Gasteiger partial charge in [0.25, 0.3) is 0 Å². The van der Waals surface area contributed by atoms with E-state index in [0.717, 1.165) is 49.3 Å². The van der Waals surface area contributed by atoms with Gasteiger partial charge in [-0.15, -0.1) is 0 Å². The zero-order valence-corrected chi connectivity index (χ0v) is 29.4. The van der Waals surface area contributed by atoms with E-state index in [-0.39, 0.29) is 5.95 Å². The average Bonchev–Trinajstić information content (AvgIpc) is 3.54. The molecule has 0 atom stereocenters. The summed E-state index contributed by atoms with van der Waals surface area (Å²) in [4.78, 5) is 14.0. The van der Waals surface area contributed by atoms with Crippen LogP contribution in [0.2, 0.25) is 27.7 Å². The van der Waals surface area contributed by atoms with Gasteiger partial charge >= 0.3 is 0 Å². The van der Waals surface area contributed by atoms with Gasteiger partial charge in [0.15, 0.2) is 8.32 Å². The molecule has 8 nitrogen and oxygen atoms in total. The number of hydrogen-bond donors (Lipinski definition) is 1. The van der Waals surface area contributed by atoms with Crippen molar-refractivity contribution in [3.05, 3.63) is 48.6 Å². The van der Waals surface area contributed by atoms with Crippen LogP contribution < -0.4 is 5.73 Å². The van der Waals surface area contributed by atoms with Crippen molar-refractivity contribution < 1.29 is 13.6 Å². The molecular weight excluding hydrogens is 571 g/mol. The van der Waals surface area contributed by atoms with Gasteiger partial charge in [-0.25, -0.2) is 15.0 Å². The Kier molecular flexibility index (Phi) is 10.7. The minimum absolute atomic E-state index is 0.219. The molecule has 43 heavy (non-hydrogen) atoms. The third kappa shape index (κ3) is 7.65. The van der Waals surface area contributed by atoms with Crippen molar-refractivity contribution in [3.63, 3.8) is 0 Å². The molecule has 1 aromatic carbocycles. The van der Waals surface area contributed by atoms with E-state index in [9.17, 15) is 0 Å². The summed E-state index contributed by atoms with van der Waals surface area (Å²) in [6.07, 6.45) is 4.06. The second-order valence-electron chi connectivity index (χ2n) is 13.3. The number of nitrogens with zero attached hydrogens (tertiary/aromatic N) is 4. The van der Waals surface area contributed by atoms with Crippen LogP contribution in [0, 0.1) is 0 Å². The minimum atomic E-state index is -2.03. The Balaban J connectivity index is 1.76. The molecule has 0 unspecified atom stereocenters. The summed E-state index contributed by atoms with van der Waals surface area (Å²) in [6.45, 7) is 22.4. The predicted molar refractivity (Wildman–Crippen MR) is 180 cm³/mol. The fraction of sp³-hybridized carbons (Fsp3) is 0.545. The normalized spacial score (nSPS) is 12.8. The third-order valence-electron chi connectivity index (χ3n) is 8.20.